The number of aromatic nitrogens is 5. The quantitative estimate of drug-likeness (QED) is 0.517. The number of hydrogen-bond donors (Lipinski definition) is 0. The third kappa shape index (κ3) is 2.84. The van der Waals surface area contributed by atoms with Crippen LogP contribution in [0.4, 0.5) is 0 Å². The van der Waals surface area contributed by atoms with E-state index in [1.807, 2.05) is 48.0 Å². The second kappa shape index (κ2) is 6.64. The van der Waals surface area contributed by atoms with Gasteiger partial charge in [0.1, 0.15) is 6.54 Å². The minimum atomic E-state index is -0.422. The molecule has 8 heteroatoms. The SMILES string of the molecule is COC(=O)c1c(Cn2nnc(-c3ccsc3)n2)nc2ccccc2c1C. The van der Waals surface area contributed by atoms with Crippen molar-refractivity contribution in [1.82, 2.24) is 25.2 Å². The van der Waals surface area contributed by atoms with Crippen LogP contribution in [0.2, 0.25) is 0 Å². The van der Waals surface area contributed by atoms with Crippen LogP contribution in [0.25, 0.3) is 22.3 Å². The number of carbonyl (C=O) groups is 1. The van der Waals surface area contributed by atoms with Gasteiger partial charge in [0.05, 0.1) is 23.9 Å². The molecule has 0 unspecified atom stereocenters. The maximum Gasteiger partial charge on any atom is 0.340 e. The summed E-state index contributed by atoms with van der Waals surface area (Å²) in [6.45, 7) is 2.12. The zero-order valence-electron chi connectivity index (χ0n) is 14.2. The first-order valence-electron chi connectivity index (χ1n) is 7.94. The minimum absolute atomic E-state index is 0.229. The zero-order chi connectivity index (χ0) is 18.1. The van der Waals surface area contributed by atoms with Gasteiger partial charge in [0.2, 0.25) is 5.82 Å². The number of thiophene rings is 1. The third-order valence-corrected chi connectivity index (χ3v) is 4.82. The number of benzene rings is 1. The molecular weight excluding hydrogens is 350 g/mol. The number of carbonyl (C=O) groups excluding carboxylic acids is 1. The molecule has 4 rings (SSSR count). The van der Waals surface area contributed by atoms with Gasteiger partial charge in [-0.15, -0.1) is 10.2 Å². The molecule has 0 fully saturated rings. The Kier molecular flexibility index (Phi) is 4.18. The summed E-state index contributed by atoms with van der Waals surface area (Å²) in [4.78, 5) is 18.4. The van der Waals surface area contributed by atoms with E-state index in [0.29, 0.717) is 17.1 Å². The highest BCUT2D eigenvalue weighted by atomic mass is 32.1. The van der Waals surface area contributed by atoms with Gasteiger partial charge in [-0.25, -0.2) is 9.78 Å². The van der Waals surface area contributed by atoms with E-state index in [9.17, 15) is 4.79 Å². The lowest BCUT2D eigenvalue weighted by Crippen LogP contribution is -2.15. The van der Waals surface area contributed by atoms with Crippen molar-refractivity contribution in [2.45, 2.75) is 13.5 Å². The Hall–Kier alpha value is -3.13. The molecule has 0 radical (unpaired) electrons. The standard InChI is InChI=1S/C18H15N5O2S/c1-11-13-5-3-4-6-14(13)19-15(16(11)18(24)25-2)9-23-21-17(20-22-23)12-7-8-26-10-12/h3-8,10H,9H2,1-2H3. The molecule has 0 spiro atoms. The first-order chi connectivity index (χ1) is 12.7. The van der Waals surface area contributed by atoms with Crippen LogP contribution in [-0.2, 0) is 11.3 Å². The third-order valence-electron chi connectivity index (χ3n) is 4.14. The number of esters is 1. The predicted octanol–water partition coefficient (Wildman–Crippen LogP) is 3.09. The van der Waals surface area contributed by atoms with Gasteiger partial charge >= 0.3 is 5.97 Å². The number of hydrogen-bond acceptors (Lipinski definition) is 7. The summed E-state index contributed by atoms with van der Waals surface area (Å²) in [5.74, 6) is 0.123. The first-order valence-corrected chi connectivity index (χ1v) is 8.88. The van der Waals surface area contributed by atoms with Crippen LogP contribution in [0.3, 0.4) is 0 Å². The van der Waals surface area contributed by atoms with Gasteiger partial charge in [0.15, 0.2) is 0 Å². The monoisotopic (exact) mass is 365 g/mol. The van der Waals surface area contributed by atoms with E-state index in [-0.39, 0.29) is 6.54 Å². The van der Waals surface area contributed by atoms with Gasteiger partial charge in [-0.2, -0.15) is 16.1 Å². The van der Waals surface area contributed by atoms with Crippen molar-refractivity contribution in [3.8, 4) is 11.4 Å². The van der Waals surface area contributed by atoms with Gasteiger partial charge in [-0.3, -0.25) is 0 Å². The van der Waals surface area contributed by atoms with Gasteiger partial charge < -0.3 is 4.74 Å². The molecule has 0 aliphatic carbocycles. The van der Waals surface area contributed by atoms with Crippen molar-refractivity contribution >= 4 is 28.2 Å². The van der Waals surface area contributed by atoms with Gasteiger partial charge in [-0.05, 0) is 35.2 Å². The highest BCUT2D eigenvalue weighted by Crippen LogP contribution is 2.24. The van der Waals surface area contributed by atoms with Crippen LogP contribution < -0.4 is 0 Å². The van der Waals surface area contributed by atoms with Crippen molar-refractivity contribution < 1.29 is 9.53 Å². The maximum absolute atomic E-state index is 12.4. The number of nitrogens with zero attached hydrogens (tertiary/aromatic N) is 5. The molecule has 0 amide bonds. The van der Waals surface area contributed by atoms with Crippen LogP contribution in [0.1, 0.15) is 21.6 Å². The van der Waals surface area contributed by atoms with Gasteiger partial charge in [-0.1, -0.05) is 18.2 Å². The number of rotatable bonds is 4. The Bertz CT molecular complexity index is 1090. The number of ether oxygens (including phenoxy) is 1. The summed E-state index contributed by atoms with van der Waals surface area (Å²) in [6, 6.07) is 9.63. The van der Waals surface area contributed by atoms with E-state index in [2.05, 4.69) is 20.4 Å². The largest absolute Gasteiger partial charge is 0.465 e. The highest BCUT2D eigenvalue weighted by molar-refractivity contribution is 7.08. The van der Waals surface area contributed by atoms with Crippen molar-refractivity contribution in [3.63, 3.8) is 0 Å². The maximum atomic E-state index is 12.4. The lowest BCUT2D eigenvalue weighted by Gasteiger charge is -2.12. The predicted molar refractivity (Wildman–Crippen MR) is 98.1 cm³/mol. The Morgan fingerprint density at radius 2 is 2.12 bits per heavy atom. The summed E-state index contributed by atoms with van der Waals surface area (Å²) < 4.78 is 4.97. The average Bonchev–Trinajstić information content (AvgIpc) is 3.33. The Morgan fingerprint density at radius 3 is 2.88 bits per heavy atom. The van der Waals surface area contributed by atoms with Crippen molar-refractivity contribution in [1.29, 1.82) is 0 Å². The first kappa shape index (κ1) is 16.3. The molecule has 0 bridgehead atoms. The molecule has 7 nitrogen and oxygen atoms in total. The molecule has 1 aromatic carbocycles. The molecule has 0 atom stereocenters. The zero-order valence-corrected chi connectivity index (χ0v) is 15.0. The normalized spacial score (nSPS) is 11.0. The van der Waals surface area contributed by atoms with Crippen molar-refractivity contribution in [3.05, 3.63) is 57.9 Å². The van der Waals surface area contributed by atoms with E-state index in [4.69, 9.17) is 4.74 Å². The van der Waals surface area contributed by atoms with Crippen LogP contribution in [-0.4, -0.2) is 38.3 Å². The fraction of sp³-hybridized carbons (Fsp3) is 0.167. The number of tetrazole rings is 1. The lowest BCUT2D eigenvalue weighted by atomic mass is 10.0. The minimum Gasteiger partial charge on any atom is -0.465 e. The van der Waals surface area contributed by atoms with E-state index in [0.717, 1.165) is 22.0 Å². The molecule has 26 heavy (non-hydrogen) atoms. The molecule has 4 aromatic rings. The molecule has 3 heterocycles. The van der Waals surface area contributed by atoms with Crippen LogP contribution >= 0.6 is 11.3 Å². The molecule has 130 valence electrons. The van der Waals surface area contributed by atoms with E-state index in [1.54, 1.807) is 11.3 Å². The average molecular weight is 365 g/mol. The summed E-state index contributed by atoms with van der Waals surface area (Å²) in [6.07, 6.45) is 0. The molecule has 0 saturated carbocycles. The lowest BCUT2D eigenvalue weighted by molar-refractivity contribution is 0.0598. The summed E-state index contributed by atoms with van der Waals surface area (Å²) in [7, 11) is 1.36. The number of methoxy groups -OCH3 is 1. The Morgan fingerprint density at radius 1 is 1.27 bits per heavy atom. The summed E-state index contributed by atoms with van der Waals surface area (Å²) in [5.41, 5.74) is 3.56. The van der Waals surface area contributed by atoms with Crippen LogP contribution in [0.5, 0.6) is 0 Å². The summed E-state index contributed by atoms with van der Waals surface area (Å²) >= 11 is 1.57. The molecule has 0 aliphatic rings. The second-order valence-corrected chi connectivity index (χ2v) is 6.50. The molecular formula is C18H15N5O2S. The molecule has 3 aromatic heterocycles. The van der Waals surface area contributed by atoms with Gasteiger partial charge in [0, 0.05) is 16.3 Å². The molecule has 0 aliphatic heterocycles. The fourth-order valence-corrected chi connectivity index (χ4v) is 3.51. The Balaban J connectivity index is 1.79. The van der Waals surface area contributed by atoms with E-state index >= 15 is 0 Å². The molecule has 0 N–H and O–H groups in total. The second-order valence-electron chi connectivity index (χ2n) is 5.72. The van der Waals surface area contributed by atoms with Crippen molar-refractivity contribution in [2.24, 2.45) is 0 Å². The van der Waals surface area contributed by atoms with E-state index < -0.39 is 5.97 Å². The smallest absolute Gasteiger partial charge is 0.340 e. The fourth-order valence-electron chi connectivity index (χ4n) is 2.88. The van der Waals surface area contributed by atoms with Crippen LogP contribution in [0, 0.1) is 6.92 Å². The number of pyridine rings is 1. The summed E-state index contributed by atoms with van der Waals surface area (Å²) in [5, 5.41) is 17.4. The Labute approximate surface area is 153 Å². The number of fused-ring (bicyclic) bond motifs is 1. The van der Waals surface area contributed by atoms with E-state index in [1.165, 1.54) is 11.9 Å². The topological polar surface area (TPSA) is 82.8 Å². The van der Waals surface area contributed by atoms with Crippen LogP contribution in [0.15, 0.2) is 41.1 Å². The molecule has 0 saturated heterocycles. The van der Waals surface area contributed by atoms with Crippen molar-refractivity contribution in [2.75, 3.05) is 7.11 Å². The highest BCUT2D eigenvalue weighted by Gasteiger charge is 2.20. The van der Waals surface area contributed by atoms with Gasteiger partial charge in [0.25, 0.3) is 0 Å². The number of para-hydroxylation sites is 1. The number of aryl methyl sites for hydroxylation is 1.